The Hall–Kier alpha value is -1.80. The van der Waals surface area contributed by atoms with Gasteiger partial charge in [-0.3, -0.25) is 4.52 Å². The van der Waals surface area contributed by atoms with Crippen LogP contribution in [0.1, 0.15) is 32.0 Å². The lowest BCUT2D eigenvalue weighted by Gasteiger charge is -2.19. The van der Waals surface area contributed by atoms with Crippen molar-refractivity contribution in [1.29, 1.82) is 0 Å². The summed E-state index contributed by atoms with van der Waals surface area (Å²) in [6, 6.07) is 0.0949. The molecule has 0 aromatic carbocycles. The fourth-order valence-electron chi connectivity index (χ4n) is 1.55. The molecule has 0 atom stereocenters. The molecule has 19 heavy (non-hydrogen) atoms. The van der Waals surface area contributed by atoms with Crippen LogP contribution in [0.5, 0.6) is 6.08 Å². The van der Waals surface area contributed by atoms with E-state index in [0.717, 1.165) is 19.3 Å². The zero-order valence-electron chi connectivity index (χ0n) is 10.1. The highest BCUT2D eigenvalue weighted by molar-refractivity contribution is 5.70. The number of ether oxygens (including phenoxy) is 1. The minimum absolute atomic E-state index is 0.0949. The van der Waals surface area contributed by atoms with Crippen molar-refractivity contribution in [3.05, 3.63) is 5.82 Å². The van der Waals surface area contributed by atoms with E-state index < -0.39 is 24.2 Å². The van der Waals surface area contributed by atoms with E-state index >= 15 is 0 Å². The third-order valence-corrected chi connectivity index (χ3v) is 2.52. The van der Waals surface area contributed by atoms with Crippen molar-refractivity contribution in [2.24, 2.45) is 0 Å². The zero-order valence-corrected chi connectivity index (χ0v) is 10.1. The summed E-state index contributed by atoms with van der Waals surface area (Å²) in [5.41, 5.74) is 0. The van der Waals surface area contributed by atoms with Crippen molar-refractivity contribution < 1.29 is 27.2 Å². The topological polar surface area (TPSA) is 68.5 Å². The predicted molar refractivity (Wildman–Crippen MR) is 55.3 cm³/mol. The highest BCUT2D eigenvalue weighted by Gasteiger charge is 2.39. The molecule has 1 saturated carbocycles. The standard InChI is InChI=1S/C10H12F3N3O3/c1-2-5-16(6-3-4-6)9(17)18-8-14-7(15-19-8)10(11,12)13/h6H,2-5H2,1H3. The van der Waals surface area contributed by atoms with E-state index in [2.05, 4.69) is 19.4 Å². The van der Waals surface area contributed by atoms with Crippen LogP contribution in [0.15, 0.2) is 4.52 Å². The summed E-state index contributed by atoms with van der Waals surface area (Å²) in [6.07, 6.45) is -3.82. The quantitative estimate of drug-likeness (QED) is 0.846. The van der Waals surface area contributed by atoms with Gasteiger partial charge in [0.2, 0.25) is 0 Å². The average Bonchev–Trinajstić information content (AvgIpc) is 3.03. The Labute approximate surface area is 106 Å². The number of nitrogens with zero attached hydrogens (tertiary/aromatic N) is 3. The lowest BCUT2D eigenvalue weighted by Crippen LogP contribution is -2.36. The number of aromatic nitrogens is 2. The number of alkyl halides is 3. The molecular formula is C10H12F3N3O3. The number of halogens is 3. The van der Waals surface area contributed by atoms with Gasteiger partial charge in [0, 0.05) is 12.6 Å². The Morgan fingerprint density at radius 3 is 2.68 bits per heavy atom. The first-order chi connectivity index (χ1) is 8.91. The van der Waals surface area contributed by atoms with Crippen molar-refractivity contribution in [1.82, 2.24) is 15.0 Å². The van der Waals surface area contributed by atoms with Crippen molar-refractivity contribution >= 4 is 6.09 Å². The van der Waals surface area contributed by atoms with Gasteiger partial charge in [-0.1, -0.05) is 6.92 Å². The monoisotopic (exact) mass is 279 g/mol. The van der Waals surface area contributed by atoms with Gasteiger partial charge in [0.05, 0.1) is 0 Å². The van der Waals surface area contributed by atoms with E-state index in [0.29, 0.717) is 6.54 Å². The van der Waals surface area contributed by atoms with Crippen LogP contribution in [-0.4, -0.2) is 33.7 Å². The van der Waals surface area contributed by atoms with Crippen LogP contribution >= 0.6 is 0 Å². The summed E-state index contributed by atoms with van der Waals surface area (Å²) in [5, 5.41) is 2.70. The fraction of sp³-hybridized carbons (Fsp3) is 0.700. The van der Waals surface area contributed by atoms with Crippen LogP contribution in [0.2, 0.25) is 0 Å². The molecule has 1 aromatic rings. The van der Waals surface area contributed by atoms with Crippen LogP contribution < -0.4 is 4.74 Å². The predicted octanol–water partition coefficient (Wildman–Crippen LogP) is 2.46. The van der Waals surface area contributed by atoms with E-state index in [1.54, 1.807) is 0 Å². The van der Waals surface area contributed by atoms with Gasteiger partial charge in [-0.25, -0.2) is 4.79 Å². The van der Waals surface area contributed by atoms with Crippen LogP contribution in [0, 0.1) is 0 Å². The van der Waals surface area contributed by atoms with E-state index in [1.807, 2.05) is 6.92 Å². The van der Waals surface area contributed by atoms with Crippen molar-refractivity contribution in [2.75, 3.05) is 6.54 Å². The summed E-state index contributed by atoms with van der Waals surface area (Å²) in [7, 11) is 0. The summed E-state index contributed by atoms with van der Waals surface area (Å²) < 4.78 is 45.6. The maximum atomic E-state index is 12.2. The fourth-order valence-corrected chi connectivity index (χ4v) is 1.55. The number of rotatable bonds is 4. The second-order valence-corrected chi connectivity index (χ2v) is 4.17. The minimum Gasteiger partial charge on any atom is -0.358 e. The molecule has 0 radical (unpaired) electrons. The number of amides is 1. The maximum absolute atomic E-state index is 12.2. The molecule has 6 nitrogen and oxygen atoms in total. The molecule has 1 aromatic heterocycles. The van der Waals surface area contributed by atoms with Crippen molar-refractivity contribution in [2.45, 2.75) is 38.4 Å². The number of carbonyl (C=O) groups excluding carboxylic acids is 1. The summed E-state index contributed by atoms with van der Waals surface area (Å²) in [4.78, 5) is 16.2. The molecule has 2 rings (SSSR count). The van der Waals surface area contributed by atoms with Gasteiger partial charge in [0.15, 0.2) is 0 Å². The van der Waals surface area contributed by atoms with Gasteiger partial charge in [-0.05, 0) is 24.4 Å². The first-order valence-electron chi connectivity index (χ1n) is 5.81. The number of hydrogen-bond donors (Lipinski definition) is 0. The van der Waals surface area contributed by atoms with Crippen LogP contribution in [0.25, 0.3) is 0 Å². The highest BCUT2D eigenvalue weighted by atomic mass is 19.4. The third kappa shape index (κ3) is 3.36. The smallest absolute Gasteiger partial charge is 0.358 e. The van der Waals surface area contributed by atoms with Crippen molar-refractivity contribution in [3.63, 3.8) is 0 Å². The molecule has 1 fully saturated rings. The first kappa shape index (κ1) is 13.6. The molecule has 106 valence electrons. The third-order valence-electron chi connectivity index (χ3n) is 2.52. The van der Waals surface area contributed by atoms with Gasteiger partial charge < -0.3 is 9.64 Å². The minimum atomic E-state index is -4.73. The van der Waals surface area contributed by atoms with Gasteiger partial charge >= 0.3 is 18.3 Å². The van der Waals surface area contributed by atoms with Crippen LogP contribution in [0.3, 0.4) is 0 Å². The van der Waals surface area contributed by atoms with E-state index in [4.69, 9.17) is 0 Å². The SMILES string of the molecule is CCCN(C(=O)Oc1nc(C(F)(F)F)no1)C1CC1. The largest absolute Gasteiger partial charge is 0.455 e. The van der Waals surface area contributed by atoms with E-state index in [1.165, 1.54) is 4.90 Å². The summed E-state index contributed by atoms with van der Waals surface area (Å²) in [5.74, 6) is -1.47. The zero-order chi connectivity index (χ0) is 14.0. The van der Waals surface area contributed by atoms with Crippen LogP contribution in [0.4, 0.5) is 18.0 Å². The highest BCUT2D eigenvalue weighted by Crippen LogP contribution is 2.29. The molecule has 1 aliphatic carbocycles. The molecule has 0 spiro atoms. The molecule has 0 N–H and O–H groups in total. The Morgan fingerprint density at radius 1 is 1.53 bits per heavy atom. The van der Waals surface area contributed by atoms with Crippen molar-refractivity contribution in [3.8, 4) is 6.08 Å². The molecule has 0 unspecified atom stereocenters. The molecule has 0 saturated heterocycles. The molecule has 1 heterocycles. The molecule has 9 heteroatoms. The Morgan fingerprint density at radius 2 is 2.21 bits per heavy atom. The van der Waals surface area contributed by atoms with E-state index in [9.17, 15) is 18.0 Å². The molecule has 1 amide bonds. The van der Waals surface area contributed by atoms with Gasteiger partial charge in [-0.2, -0.15) is 13.2 Å². The van der Waals surface area contributed by atoms with Gasteiger partial charge in [-0.15, -0.1) is 4.98 Å². The van der Waals surface area contributed by atoms with Crippen LogP contribution in [-0.2, 0) is 6.18 Å². The molecular weight excluding hydrogens is 267 g/mol. The second kappa shape index (κ2) is 5.06. The Balaban J connectivity index is 1.99. The Bertz CT molecular complexity index is 456. The average molecular weight is 279 g/mol. The Kier molecular flexibility index (Phi) is 3.63. The molecule has 0 aliphatic heterocycles. The summed E-state index contributed by atoms with van der Waals surface area (Å²) >= 11 is 0. The second-order valence-electron chi connectivity index (χ2n) is 4.17. The maximum Gasteiger partial charge on any atom is 0.455 e. The van der Waals surface area contributed by atoms with Gasteiger partial charge in [0.1, 0.15) is 0 Å². The molecule has 1 aliphatic rings. The van der Waals surface area contributed by atoms with E-state index in [-0.39, 0.29) is 6.04 Å². The number of carbonyl (C=O) groups is 1. The molecule has 0 bridgehead atoms. The normalized spacial score (nSPS) is 15.4. The summed E-state index contributed by atoms with van der Waals surface area (Å²) in [6.45, 7) is 2.36. The van der Waals surface area contributed by atoms with Gasteiger partial charge in [0.25, 0.3) is 5.82 Å². The lowest BCUT2D eigenvalue weighted by molar-refractivity contribution is -0.146. The first-order valence-corrected chi connectivity index (χ1v) is 5.81. The lowest BCUT2D eigenvalue weighted by atomic mass is 10.4. The number of hydrogen-bond acceptors (Lipinski definition) is 5.